The van der Waals surface area contributed by atoms with E-state index in [2.05, 4.69) is 62.9 Å². The van der Waals surface area contributed by atoms with Gasteiger partial charge in [0.15, 0.2) is 0 Å². The van der Waals surface area contributed by atoms with Gasteiger partial charge in [0.25, 0.3) is 0 Å². The molecule has 0 spiro atoms. The van der Waals surface area contributed by atoms with Gasteiger partial charge in [-0.25, -0.2) is 0 Å². The number of allylic oxidation sites excluding steroid dienone is 4. The van der Waals surface area contributed by atoms with E-state index in [-0.39, 0.29) is 37.2 Å². The number of halogens is 3. The van der Waals surface area contributed by atoms with Gasteiger partial charge < -0.3 is 37.2 Å². The first-order valence-corrected chi connectivity index (χ1v) is 7.78. The van der Waals surface area contributed by atoms with E-state index in [0.29, 0.717) is 5.41 Å². The number of hydrogen-bond acceptors (Lipinski definition) is 0. The molecule has 0 aromatic heterocycles. The number of benzene rings is 1. The van der Waals surface area contributed by atoms with Crippen molar-refractivity contribution < 1.29 is 57.7 Å². The molecular weight excluding hydrogens is 358 g/mol. The third-order valence-electron chi connectivity index (χ3n) is 4.54. The van der Waals surface area contributed by atoms with Crippen LogP contribution in [-0.4, -0.2) is 0 Å². The van der Waals surface area contributed by atoms with Gasteiger partial charge in [-0.3, -0.25) is 0 Å². The van der Waals surface area contributed by atoms with Crippen LogP contribution in [0.4, 0.5) is 0 Å². The Bertz CT molecular complexity index is 488. The van der Waals surface area contributed by atoms with Crippen LogP contribution in [-0.2, 0) is 25.9 Å². The maximum absolute atomic E-state index is 2.34. The van der Waals surface area contributed by atoms with Crippen LogP contribution in [0.3, 0.4) is 0 Å². The first-order chi connectivity index (χ1) is 8.83. The van der Waals surface area contributed by atoms with Crippen molar-refractivity contribution in [3.05, 3.63) is 57.5 Å². The summed E-state index contributed by atoms with van der Waals surface area (Å²) < 4.78 is 1.51. The van der Waals surface area contributed by atoms with Crippen LogP contribution in [0.1, 0.15) is 44.1 Å². The monoisotopic (exact) mass is 376 g/mol. The molecule has 0 saturated heterocycles. The molecule has 2 aliphatic carbocycles. The van der Waals surface area contributed by atoms with Crippen molar-refractivity contribution in [3.8, 4) is 0 Å². The van der Waals surface area contributed by atoms with Crippen LogP contribution in [0.25, 0.3) is 0 Å². The second-order valence-electron chi connectivity index (χ2n) is 5.51. The summed E-state index contributed by atoms with van der Waals surface area (Å²) in [5.41, 5.74) is 3.57. The second-order valence-corrected chi connectivity index (χ2v) is 6.35. The van der Waals surface area contributed by atoms with Gasteiger partial charge in [-0.1, -0.05) is 0 Å². The van der Waals surface area contributed by atoms with Gasteiger partial charge in [0.2, 0.25) is 0 Å². The summed E-state index contributed by atoms with van der Waals surface area (Å²) in [4.78, 5) is 0. The fraction of sp³-hybridized carbons (Fsp3) is 0.412. The van der Waals surface area contributed by atoms with Crippen molar-refractivity contribution in [1.29, 1.82) is 0 Å². The van der Waals surface area contributed by atoms with Gasteiger partial charge in [-0.2, -0.15) is 0 Å². The maximum atomic E-state index is 2.34. The third kappa shape index (κ3) is 4.18. The predicted molar refractivity (Wildman–Crippen MR) is 72.0 cm³/mol. The molecule has 0 unspecified atom stereocenters. The fourth-order valence-corrected chi connectivity index (χ4v) is 4.35. The van der Waals surface area contributed by atoms with Crippen LogP contribution in [0.5, 0.6) is 0 Å². The average molecular weight is 378 g/mol. The van der Waals surface area contributed by atoms with Crippen molar-refractivity contribution >= 4 is 0 Å². The molecule has 0 heterocycles. The minimum absolute atomic E-state index is 0. The molecule has 0 bridgehead atoms. The number of rotatable bonds is 2. The van der Waals surface area contributed by atoms with E-state index in [0.717, 1.165) is 0 Å². The van der Waals surface area contributed by atoms with Gasteiger partial charge in [-0.15, -0.1) is 0 Å². The van der Waals surface area contributed by atoms with Crippen LogP contribution in [0.15, 0.2) is 51.9 Å². The van der Waals surface area contributed by atoms with E-state index in [1.807, 2.05) is 0 Å². The zero-order chi connectivity index (χ0) is 12.4. The Kier molecular flexibility index (Phi) is 9.56. The van der Waals surface area contributed by atoms with Gasteiger partial charge >= 0.3 is 122 Å². The Morgan fingerprint density at radius 2 is 1.48 bits per heavy atom. The summed E-state index contributed by atoms with van der Waals surface area (Å²) >= 11 is 2.29. The first-order valence-electron chi connectivity index (χ1n) is 7.00. The van der Waals surface area contributed by atoms with Crippen molar-refractivity contribution in [2.24, 2.45) is 0 Å². The molecule has 112 valence electrons. The van der Waals surface area contributed by atoms with Gasteiger partial charge in [0.1, 0.15) is 0 Å². The molecule has 1 aromatic carbocycles. The van der Waals surface area contributed by atoms with E-state index in [9.17, 15) is 0 Å². The quantitative estimate of drug-likeness (QED) is 0.457. The summed E-state index contributed by atoms with van der Waals surface area (Å²) in [6.45, 7) is 0. The van der Waals surface area contributed by atoms with Crippen molar-refractivity contribution in [2.75, 3.05) is 0 Å². The van der Waals surface area contributed by atoms with E-state index in [4.69, 9.17) is 0 Å². The molecule has 1 fully saturated rings. The average Bonchev–Trinajstić information content (AvgIpc) is 2.87. The summed E-state index contributed by atoms with van der Waals surface area (Å²) in [6.07, 6.45) is 12.7. The van der Waals surface area contributed by atoms with Gasteiger partial charge in [0.05, 0.1) is 0 Å². The summed E-state index contributed by atoms with van der Waals surface area (Å²) in [6, 6.07) is 11.2. The van der Waals surface area contributed by atoms with Crippen molar-refractivity contribution in [2.45, 2.75) is 43.9 Å². The fourth-order valence-electron chi connectivity index (χ4n) is 3.64. The van der Waals surface area contributed by atoms with Crippen LogP contribution in [0, 0.1) is 0 Å². The molecule has 1 aromatic rings. The molecule has 1 saturated carbocycles. The van der Waals surface area contributed by atoms with E-state index >= 15 is 0 Å². The molecule has 2 aliphatic rings. The SMILES string of the molecule is [Cl-].[Cl-].[Cl-].[Ti+3][C]1=C(C2(c3ccccc3)CCCCC2)CC=C1. The first kappa shape index (κ1) is 21.3. The van der Waals surface area contributed by atoms with Crippen LogP contribution >= 0.6 is 0 Å². The molecule has 0 radical (unpaired) electrons. The molecule has 0 aliphatic heterocycles. The van der Waals surface area contributed by atoms with E-state index < -0.39 is 0 Å². The molecule has 3 rings (SSSR count). The molecule has 4 heteroatoms. The van der Waals surface area contributed by atoms with Crippen molar-refractivity contribution in [1.82, 2.24) is 0 Å². The minimum atomic E-state index is 0. The Balaban J connectivity index is 0.00000133. The third-order valence-corrected chi connectivity index (χ3v) is 5.27. The molecule has 0 nitrogen and oxygen atoms in total. The Hall–Kier alpha value is 0.284. The standard InChI is InChI=1S/C17H19.3ClH.Ti/c1-3-9-15(10-4-1)17(13-7-2-8-14-17)16-11-5-6-12-16;;;;/h1,3-6,9-10H,2,7-8,11,13-14H2;3*1H;/q;;;;+3/p-3. The van der Waals surface area contributed by atoms with Crippen LogP contribution in [0.2, 0.25) is 0 Å². The Morgan fingerprint density at radius 1 is 0.857 bits per heavy atom. The predicted octanol–water partition coefficient (Wildman–Crippen LogP) is -4.34. The normalized spacial score (nSPS) is 19.3. The Labute approximate surface area is 158 Å². The van der Waals surface area contributed by atoms with Gasteiger partial charge in [-0.05, 0) is 0 Å². The zero-order valence-corrected chi connectivity index (χ0v) is 15.7. The topological polar surface area (TPSA) is 0 Å². The molecule has 0 amide bonds. The van der Waals surface area contributed by atoms with Gasteiger partial charge in [0, 0.05) is 0 Å². The second kappa shape index (κ2) is 9.43. The summed E-state index contributed by atoms with van der Waals surface area (Å²) in [5.74, 6) is 0. The summed E-state index contributed by atoms with van der Waals surface area (Å²) in [7, 11) is 0. The molecule has 21 heavy (non-hydrogen) atoms. The van der Waals surface area contributed by atoms with Crippen LogP contribution < -0.4 is 37.2 Å². The Morgan fingerprint density at radius 3 is 2.00 bits per heavy atom. The van der Waals surface area contributed by atoms with E-state index in [1.54, 1.807) is 11.1 Å². The van der Waals surface area contributed by atoms with Crippen molar-refractivity contribution in [3.63, 3.8) is 0 Å². The molecule has 0 N–H and O–H groups in total. The molecule has 0 atom stereocenters. The van der Waals surface area contributed by atoms with E-state index in [1.165, 1.54) is 42.4 Å². The number of hydrogen-bond donors (Lipinski definition) is 0. The summed E-state index contributed by atoms with van der Waals surface area (Å²) in [5, 5.41) is 0. The zero-order valence-electron chi connectivity index (χ0n) is 11.9. The molecular formula is C17H19Cl3Ti.